The minimum absolute atomic E-state index is 0. The maximum absolute atomic E-state index is 6.19. The van der Waals surface area contributed by atoms with Gasteiger partial charge in [0.1, 0.15) is 6.61 Å². The monoisotopic (exact) mass is 474 g/mol. The quantitative estimate of drug-likeness (QED) is 0.426. The maximum atomic E-state index is 6.19. The first-order valence-corrected chi connectivity index (χ1v) is 9.25. The molecule has 0 atom stereocenters. The van der Waals surface area contributed by atoms with Crippen LogP contribution >= 0.6 is 48.0 Å². The molecule has 3 rings (SSSR count). The van der Waals surface area contributed by atoms with Gasteiger partial charge in [-0.1, -0.05) is 35.3 Å². The molecule has 0 saturated heterocycles. The van der Waals surface area contributed by atoms with Crippen molar-refractivity contribution in [3.63, 3.8) is 0 Å². The molecule has 8 heteroatoms. The number of hydrogen-bond acceptors (Lipinski definition) is 4. The van der Waals surface area contributed by atoms with Crippen molar-refractivity contribution in [2.45, 2.75) is 19.7 Å². The molecule has 156 valence electrons. The summed E-state index contributed by atoms with van der Waals surface area (Å²) in [6, 6.07) is 15.2. The van der Waals surface area contributed by atoms with Gasteiger partial charge in [0.05, 0.1) is 7.11 Å². The number of halogens is 4. The lowest BCUT2D eigenvalue weighted by Gasteiger charge is -2.14. The average molecular weight is 476 g/mol. The van der Waals surface area contributed by atoms with Crippen molar-refractivity contribution in [1.82, 2.24) is 10.3 Å². The van der Waals surface area contributed by atoms with Gasteiger partial charge in [0.25, 0.3) is 0 Å². The number of hydrogen-bond donors (Lipinski definition) is 1. The van der Waals surface area contributed by atoms with Crippen molar-refractivity contribution in [3.8, 4) is 11.5 Å². The van der Waals surface area contributed by atoms with E-state index in [1.807, 2.05) is 36.4 Å². The van der Waals surface area contributed by atoms with Crippen molar-refractivity contribution in [2.75, 3.05) is 7.11 Å². The molecule has 0 aliphatic carbocycles. The number of nitrogens with one attached hydrogen (secondary N) is 1. The molecule has 1 N–H and O–H groups in total. The highest BCUT2D eigenvalue weighted by Crippen LogP contribution is 2.31. The van der Waals surface area contributed by atoms with Crippen LogP contribution in [-0.2, 0) is 19.7 Å². The zero-order valence-corrected chi connectivity index (χ0v) is 18.9. The maximum Gasteiger partial charge on any atom is 0.161 e. The highest BCUT2D eigenvalue weighted by Gasteiger charge is 2.10. The summed E-state index contributed by atoms with van der Waals surface area (Å²) in [5.74, 6) is 1.31. The molecule has 2 aromatic carbocycles. The lowest BCUT2D eigenvalue weighted by molar-refractivity contribution is 0.284. The fraction of sp³-hybridized carbons (Fsp3) is 0.190. The number of aromatic nitrogens is 1. The SMILES string of the molecule is COc1cc(CNCc2ccncc2)ccc1OCc1c(Cl)cccc1Cl.Cl.Cl. The van der Waals surface area contributed by atoms with Crippen LogP contribution < -0.4 is 14.8 Å². The molecule has 0 amide bonds. The number of ether oxygens (including phenoxy) is 2. The predicted molar refractivity (Wildman–Crippen MR) is 123 cm³/mol. The van der Waals surface area contributed by atoms with Gasteiger partial charge in [-0.3, -0.25) is 4.98 Å². The first-order chi connectivity index (χ1) is 13.2. The van der Waals surface area contributed by atoms with Gasteiger partial charge in [0, 0.05) is 41.1 Å². The van der Waals surface area contributed by atoms with Gasteiger partial charge < -0.3 is 14.8 Å². The van der Waals surface area contributed by atoms with E-state index in [-0.39, 0.29) is 31.4 Å². The van der Waals surface area contributed by atoms with E-state index < -0.39 is 0 Å². The molecule has 0 fully saturated rings. The van der Waals surface area contributed by atoms with Gasteiger partial charge in [-0.2, -0.15) is 0 Å². The normalized spacial score (nSPS) is 9.90. The molecule has 0 radical (unpaired) electrons. The highest BCUT2D eigenvalue weighted by atomic mass is 35.5. The Labute approximate surface area is 193 Å². The predicted octanol–water partition coefficient (Wildman–Crippen LogP) is 6.11. The molecule has 0 bridgehead atoms. The Bertz CT molecular complexity index is 875. The summed E-state index contributed by atoms with van der Waals surface area (Å²) in [7, 11) is 1.62. The van der Waals surface area contributed by atoms with Crippen molar-refractivity contribution in [3.05, 3.63) is 87.7 Å². The Balaban J connectivity index is 0.00000210. The first-order valence-electron chi connectivity index (χ1n) is 8.49. The summed E-state index contributed by atoms with van der Waals surface area (Å²) in [5, 5.41) is 4.57. The third kappa shape index (κ3) is 7.25. The third-order valence-electron chi connectivity index (χ3n) is 4.07. The van der Waals surface area contributed by atoms with Gasteiger partial charge in [-0.25, -0.2) is 0 Å². The van der Waals surface area contributed by atoms with E-state index in [0.29, 0.717) is 21.5 Å². The second-order valence-electron chi connectivity index (χ2n) is 5.93. The lowest BCUT2D eigenvalue weighted by atomic mass is 10.2. The van der Waals surface area contributed by atoms with Gasteiger partial charge in [-0.05, 0) is 47.5 Å². The summed E-state index contributed by atoms with van der Waals surface area (Å²) >= 11 is 12.4. The molecule has 0 spiro atoms. The zero-order valence-electron chi connectivity index (χ0n) is 15.7. The molecule has 29 heavy (non-hydrogen) atoms. The van der Waals surface area contributed by atoms with Gasteiger partial charge in [-0.15, -0.1) is 24.8 Å². The number of benzene rings is 2. The minimum atomic E-state index is 0. The molecule has 0 aliphatic rings. The Morgan fingerprint density at radius 1 is 0.862 bits per heavy atom. The van der Waals surface area contributed by atoms with Crippen LogP contribution in [0.25, 0.3) is 0 Å². The summed E-state index contributed by atoms with van der Waals surface area (Å²) in [6.07, 6.45) is 3.58. The largest absolute Gasteiger partial charge is 0.493 e. The number of rotatable bonds is 8. The second-order valence-corrected chi connectivity index (χ2v) is 6.75. The van der Waals surface area contributed by atoms with Crippen molar-refractivity contribution in [1.29, 1.82) is 0 Å². The zero-order chi connectivity index (χ0) is 19.1. The van der Waals surface area contributed by atoms with Crippen LogP contribution in [0.15, 0.2) is 60.9 Å². The molecule has 4 nitrogen and oxygen atoms in total. The van der Waals surface area contributed by atoms with Gasteiger partial charge in [0.2, 0.25) is 0 Å². The molecular weight excluding hydrogens is 454 g/mol. The van der Waals surface area contributed by atoms with E-state index in [1.165, 1.54) is 5.56 Å². The van der Waals surface area contributed by atoms with E-state index in [1.54, 1.807) is 31.6 Å². The minimum Gasteiger partial charge on any atom is -0.493 e. The van der Waals surface area contributed by atoms with Crippen molar-refractivity contribution < 1.29 is 9.47 Å². The van der Waals surface area contributed by atoms with Crippen LogP contribution in [0, 0.1) is 0 Å². The second kappa shape index (κ2) is 12.8. The van der Waals surface area contributed by atoms with Crippen LogP contribution in [0.3, 0.4) is 0 Å². The Morgan fingerprint density at radius 3 is 2.17 bits per heavy atom. The molecule has 0 unspecified atom stereocenters. The summed E-state index contributed by atoms with van der Waals surface area (Å²) in [4.78, 5) is 4.02. The van der Waals surface area contributed by atoms with Crippen LogP contribution in [0.5, 0.6) is 11.5 Å². The van der Waals surface area contributed by atoms with Crippen LogP contribution in [-0.4, -0.2) is 12.1 Å². The van der Waals surface area contributed by atoms with E-state index in [9.17, 15) is 0 Å². The molecular formula is C21H22Cl4N2O2. The summed E-state index contributed by atoms with van der Waals surface area (Å²) < 4.78 is 11.4. The van der Waals surface area contributed by atoms with Crippen LogP contribution in [0.1, 0.15) is 16.7 Å². The molecule has 0 saturated carbocycles. The fourth-order valence-corrected chi connectivity index (χ4v) is 3.12. The Hall–Kier alpha value is -1.69. The summed E-state index contributed by atoms with van der Waals surface area (Å²) in [6.45, 7) is 1.76. The average Bonchev–Trinajstić information content (AvgIpc) is 2.69. The number of nitrogens with zero attached hydrogens (tertiary/aromatic N) is 1. The smallest absolute Gasteiger partial charge is 0.161 e. The van der Waals surface area contributed by atoms with E-state index in [4.69, 9.17) is 32.7 Å². The molecule has 3 aromatic rings. The third-order valence-corrected chi connectivity index (χ3v) is 4.78. The van der Waals surface area contributed by atoms with Crippen LogP contribution in [0.2, 0.25) is 10.0 Å². The van der Waals surface area contributed by atoms with Gasteiger partial charge in [0.15, 0.2) is 11.5 Å². The van der Waals surface area contributed by atoms with E-state index >= 15 is 0 Å². The summed E-state index contributed by atoms with van der Waals surface area (Å²) in [5.41, 5.74) is 3.04. The lowest BCUT2D eigenvalue weighted by Crippen LogP contribution is -2.12. The van der Waals surface area contributed by atoms with Crippen LogP contribution in [0.4, 0.5) is 0 Å². The van der Waals surface area contributed by atoms with Gasteiger partial charge >= 0.3 is 0 Å². The Morgan fingerprint density at radius 2 is 1.52 bits per heavy atom. The van der Waals surface area contributed by atoms with E-state index in [0.717, 1.165) is 24.2 Å². The fourth-order valence-electron chi connectivity index (χ4n) is 2.61. The Kier molecular flexibility index (Phi) is 11.2. The van der Waals surface area contributed by atoms with E-state index in [2.05, 4.69) is 10.3 Å². The van der Waals surface area contributed by atoms with Crippen molar-refractivity contribution in [2.24, 2.45) is 0 Å². The highest BCUT2D eigenvalue weighted by molar-refractivity contribution is 6.35. The number of methoxy groups -OCH3 is 1. The first kappa shape index (κ1) is 25.3. The molecule has 0 aliphatic heterocycles. The standard InChI is InChI=1S/C21H20Cl2N2O2.2ClH/c1-26-21-11-16(13-25-12-15-7-9-24-10-8-15)5-6-20(21)27-14-17-18(22)3-2-4-19(17)23;;/h2-11,25H,12-14H2,1H3;2*1H. The topological polar surface area (TPSA) is 43.4 Å². The molecule has 1 heterocycles. The number of pyridine rings is 1. The molecule has 1 aromatic heterocycles. The van der Waals surface area contributed by atoms with Crippen molar-refractivity contribution >= 4 is 48.0 Å².